The summed E-state index contributed by atoms with van der Waals surface area (Å²) >= 11 is 0. The Hall–Kier alpha value is -2.88. The maximum atomic E-state index is 11.1. The number of carbonyl (C=O) groups is 1. The molecule has 0 radical (unpaired) electrons. The second-order valence-corrected chi connectivity index (χ2v) is 5.88. The lowest BCUT2D eigenvalue weighted by molar-refractivity contribution is 0.0697. The van der Waals surface area contributed by atoms with Crippen LogP contribution in [0, 0.1) is 13.8 Å². The second-order valence-electron chi connectivity index (χ2n) is 5.88. The third kappa shape index (κ3) is 2.06. The summed E-state index contributed by atoms with van der Waals surface area (Å²) in [6.07, 6.45) is 0. The Morgan fingerprint density at radius 2 is 2.00 bits per heavy atom. The number of aryl methyl sites for hydroxylation is 1. The van der Waals surface area contributed by atoms with E-state index >= 15 is 0 Å². The number of aromatic nitrogens is 1. The first-order valence-electron chi connectivity index (χ1n) is 7.45. The van der Waals surface area contributed by atoms with Crippen molar-refractivity contribution in [1.82, 2.24) is 4.98 Å². The molecular weight excluding hydrogens is 290 g/mol. The predicted molar refractivity (Wildman–Crippen MR) is 87.9 cm³/mol. The van der Waals surface area contributed by atoms with Crippen molar-refractivity contribution < 1.29 is 14.6 Å². The zero-order valence-corrected chi connectivity index (χ0v) is 12.9. The summed E-state index contributed by atoms with van der Waals surface area (Å²) in [6, 6.07) is 11.0. The van der Waals surface area contributed by atoms with Crippen molar-refractivity contribution in [2.45, 2.75) is 20.5 Å². The molecule has 0 fully saturated rings. The lowest BCUT2D eigenvalue weighted by Crippen LogP contribution is -2.09. The monoisotopic (exact) mass is 305 g/mol. The number of hydrogen-bond acceptors (Lipinski definition) is 3. The number of fused-ring (bicyclic) bond motifs is 4. The van der Waals surface area contributed by atoms with Gasteiger partial charge in [0.1, 0.15) is 12.4 Å². The minimum atomic E-state index is -0.933. The zero-order chi connectivity index (χ0) is 16.1. The Morgan fingerprint density at radius 3 is 2.78 bits per heavy atom. The van der Waals surface area contributed by atoms with E-state index in [0.717, 1.165) is 39.0 Å². The summed E-state index contributed by atoms with van der Waals surface area (Å²) in [4.78, 5) is 15.9. The van der Waals surface area contributed by atoms with Gasteiger partial charge in [0.05, 0.1) is 16.8 Å². The first-order valence-corrected chi connectivity index (χ1v) is 7.45. The normalized spacial score (nSPS) is 12.4. The van der Waals surface area contributed by atoms with Gasteiger partial charge in [-0.15, -0.1) is 0 Å². The highest BCUT2D eigenvalue weighted by Gasteiger charge is 2.22. The van der Waals surface area contributed by atoms with Crippen LogP contribution in [0.2, 0.25) is 0 Å². The minimum Gasteiger partial charge on any atom is -0.488 e. The Bertz CT molecular complexity index is 976. The number of nitrogens with zero attached hydrogens (tertiary/aromatic N) is 1. The van der Waals surface area contributed by atoms with Crippen molar-refractivity contribution >= 4 is 16.9 Å². The molecule has 4 nitrogen and oxygen atoms in total. The van der Waals surface area contributed by atoms with Crippen molar-refractivity contribution in [1.29, 1.82) is 0 Å². The molecule has 3 aromatic rings. The number of aromatic carboxylic acids is 1. The number of ether oxygens (including phenoxy) is 1. The molecule has 2 heterocycles. The van der Waals surface area contributed by atoms with Crippen molar-refractivity contribution in [3.63, 3.8) is 0 Å². The van der Waals surface area contributed by atoms with Gasteiger partial charge in [-0.25, -0.2) is 9.78 Å². The molecule has 0 saturated heterocycles. The molecule has 0 aliphatic carbocycles. The first kappa shape index (κ1) is 13.8. The Balaban J connectivity index is 2.00. The zero-order valence-electron chi connectivity index (χ0n) is 12.9. The number of hydrogen-bond donors (Lipinski definition) is 1. The van der Waals surface area contributed by atoms with Crippen LogP contribution in [0.5, 0.6) is 5.75 Å². The Morgan fingerprint density at radius 1 is 1.17 bits per heavy atom. The molecule has 0 saturated carbocycles. The second kappa shape index (κ2) is 4.81. The minimum absolute atomic E-state index is 0.267. The highest BCUT2D eigenvalue weighted by Crippen LogP contribution is 2.40. The highest BCUT2D eigenvalue weighted by molar-refractivity contribution is 5.94. The number of carboxylic acids is 1. The maximum absolute atomic E-state index is 11.1. The van der Waals surface area contributed by atoms with E-state index in [1.54, 1.807) is 18.2 Å². The lowest BCUT2D eigenvalue weighted by Gasteiger charge is -2.23. The van der Waals surface area contributed by atoms with Crippen molar-refractivity contribution in [3.05, 3.63) is 58.7 Å². The van der Waals surface area contributed by atoms with Gasteiger partial charge in [0, 0.05) is 16.5 Å². The highest BCUT2D eigenvalue weighted by atomic mass is 16.5. The van der Waals surface area contributed by atoms with E-state index in [1.165, 1.54) is 5.56 Å². The van der Waals surface area contributed by atoms with Gasteiger partial charge in [-0.05, 0) is 55.3 Å². The van der Waals surface area contributed by atoms with Gasteiger partial charge in [-0.3, -0.25) is 0 Å². The summed E-state index contributed by atoms with van der Waals surface area (Å²) in [7, 11) is 0. The van der Waals surface area contributed by atoms with Crippen LogP contribution in [0.15, 0.2) is 36.4 Å². The molecule has 0 amide bonds. The molecule has 114 valence electrons. The molecular formula is C19H15NO3. The summed E-state index contributed by atoms with van der Waals surface area (Å²) in [6.45, 7) is 4.60. The number of carboxylic acid groups (broad SMARTS) is 1. The fraction of sp³-hybridized carbons (Fsp3) is 0.158. The molecule has 1 aromatic heterocycles. The Labute approximate surface area is 133 Å². The van der Waals surface area contributed by atoms with Crippen LogP contribution in [0.3, 0.4) is 0 Å². The number of rotatable bonds is 1. The molecule has 2 aromatic carbocycles. The SMILES string of the molecule is Cc1ccc2c(c1C)-c1nc3ccc(C(=O)O)cc3cc1CO2. The summed E-state index contributed by atoms with van der Waals surface area (Å²) in [5.74, 6) is -0.0766. The van der Waals surface area contributed by atoms with Crippen LogP contribution in [0.1, 0.15) is 27.0 Å². The van der Waals surface area contributed by atoms with Gasteiger partial charge in [0.15, 0.2) is 0 Å². The van der Waals surface area contributed by atoms with E-state index in [9.17, 15) is 4.79 Å². The van der Waals surface area contributed by atoms with Gasteiger partial charge in [0.25, 0.3) is 0 Å². The standard InChI is InChI=1S/C19H15NO3/c1-10-3-6-16-17(11(10)2)18-14(9-23-16)8-13-7-12(19(21)22)4-5-15(13)20-18/h3-8H,9H2,1-2H3,(H,21,22). The number of benzene rings is 2. The third-order valence-corrected chi connectivity index (χ3v) is 4.46. The molecule has 1 aliphatic rings. The molecule has 1 N–H and O–H groups in total. The van der Waals surface area contributed by atoms with E-state index in [4.69, 9.17) is 14.8 Å². The van der Waals surface area contributed by atoms with E-state index in [1.807, 2.05) is 12.1 Å². The van der Waals surface area contributed by atoms with Crippen LogP contribution in [0.25, 0.3) is 22.2 Å². The lowest BCUT2D eigenvalue weighted by atomic mass is 9.94. The molecule has 0 bridgehead atoms. The average Bonchev–Trinajstić information content (AvgIpc) is 2.55. The van der Waals surface area contributed by atoms with Gasteiger partial charge in [-0.1, -0.05) is 6.07 Å². The smallest absolute Gasteiger partial charge is 0.335 e. The fourth-order valence-electron chi connectivity index (χ4n) is 3.04. The quantitative estimate of drug-likeness (QED) is 0.735. The number of pyridine rings is 1. The summed E-state index contributed by atoms with van der Waals surface area (Å²) in [5, 5.41) is 9.96. The molecule has 0 atom stereocenters. The van der Waals surface area contributed by atoms with Gasteiger partial charge >= 0.3 is 5.97 Å². The Kier molecular flexibility index (Phi) is 2.88. The summed E-state index contributed by atoms with van der Waals surface area (Å²) in [5.41, 5.74) is 6.38. The van der Waals surface area contributed by atoms with Crippen LogP contribution in [0.4, 0.5) is 0 Å². The molecule has 0 spiro atoms. The van der Waals surface area contributed by atoms with E-state index < -0.39 is 5.97 Å². The van der Waals surface area contributed by atoms with Crippen LogP contribution < -0.4 is 4.74 Å². The van der Waals surface area contributed by atoms with E-state index in [-0.39, 0.29) is 5.56 Å². The van der Waals surface area contributed by atoms with E-state index in [2.05, 4.69) is 19.9 Å². The van der Waals surface area contributed by atoms with Gasteiger partial charge in [0.2, 0.25) is 0 Å². The first-order chi connectivity index (χ1) is 11.0. The van der Waals surface area contributed by atoms with Gasteiger partial charge in [-0.2, -0.15) is 0 Å². The largest absolute Gasteiger partial charge is 0.488 e. The van der Waals surface area contributed by atoms with Crippen LogP contribution in [-0.2, 0) is 6.61 Å². The molecule has 4 rings (SSSR count). The van der Waals surface area contributed by atoms with Crippen molar-refractivity contribution in [2.24, 2.45) is 0 Å². The van der Waals surface area contributed by atoms with Crippen LogP contribution in [-0.4, -0.2) is 16.1 Å². The molecule has 1 aliphatic heterocycles. The van der Waals surface area contributed by atoms with Crippen molar-refractivity contribution in [3.8, 4) is 17.0 Å². The fourth-order valence-corrected chi connectivity index (χ4v) is 3.04. The molecule has 23 heavy (non-hydrogen) atoms. The maximum Gasteiger partial charge on any atom is 0.335 e. The van der Waals surface area contributed by atoms with Crippen LogP contribution >= 0.6 is 0 Å². The topological polar surface area (TPSA) is 59.4 Å². The average molecular weight is 305 g/mol. The van der Waals surface area contributed by atoms with Crippen molar-refractivity contribution in [2.75, 3.05) is 0 Å². The third-order valence-electron chi connectivity index (χ3n) is 4.46. The summed E-state index contributed by atoms with van der Waals surface area (Å²) < 4.78 is 5.86. The molecule has 0 unspecified atom stereocenters. The van der Waals surface area contributed by atoms with E-state index in [0.29, 0.717) is 6.61 Å². The predicted octanol–water partition coefficient (Wildman–Crippen LogP) is 4.11. The molecule has 4 heteroatoms. The van der Waals surface area contributed by atoms with Gasteiger partial charge < -0.3 is 9.84 Å².